The molecule has 1 aromatic heterocycles. The van der Waals surface area contributed by atoms with Crippen molar-refractivity contribution in [3.8, 4) is 0 Å². The van der Waals surface area contributed by atoms with Gasteiger partial charge < -0.3 is 14.6 Å². The first-order valence-electron chi connectivity index (χ1n) is 6.25. The normalized spacial score (nSPS) is 10.7. The van der Waals surface area contributed by atoms with Crippen molar-refractivity contribution in [1.82, 2.24) is 9.47 Å². The number of carboxylic acid groups (broad SMARTS) is 1. The van der Waals surface area contributed by atoms with Crippen LogP contribution in [0.1, 0.15) is 6.92 Å². The number of likely N-dealkylation sites (N-methyl/N-ethyl adjacent to an activating group) is 1. The van der Waals surface area contributed by atoms with Crippen LogP contribution in [0.3, 0.4) is 0 Å². The van der Waals surface area contributed by atoms with E-state index in [9.17, 15) is 9.59 Å². The van der Waals surface area contributed by atoms with Crippen molar-refractivity contribution in [2.24, 2.45) is 0 Å². The molecule has 0 spiro atoms. The van der Waals surface area contributed by atoms with Crippen LogP contribution in [-0.2, 0) is 16.1 Å². The summed E-state index contributed by atoms with van der Waals surface area (Å²) in [5.41, 5.74) is 0.859. The number of benzene rings is 1. The molecule has 0 radical (unpaired) electrons. The van der Waals surface area contributed by atoms with Crippen molar-refractivity contribution in [3.05, 3.63) is 35.5 Å². The van der Waals surface area contributed by atoms with Crippen molar-refractivity contribution in [2.75, 3.05) is 13.1 Å². The molecule has 0 saturated carbocycles. The highest BCUT2D eigenvalue weighted by Gasteiger charge is 2.16. The summed E-state index contributed by atoms with van der Waals surface area (Å²) in [7, 11) is 0. The molecule has 1 N–H and O–H groups in total. The average molecular weight is 295 g/mol. The minimum atomic E-state index is -1.01. The highest BCUT2D eigenvalue weighted by atomic mass is 35.5. The van der Waals surface area contributed by atoms with Gasteiger partial charge in [0.2, 0.25) is 5.91 Å². The number of carbonyl (C=O) groups excluding carboxylic acids is 1. The predicted octanol–water partition coefficient (Wildman–Crippen LogP) is 2.23. The molecular formula is C14H15ClN2O3. The Morgan fingerprint density at radius 1 is 1.35 bits per heavy atom. The van der Waals surface area contributed by atoms with Gasteiger partial charge in [-0.25, -0.2) is 0 Å². The maximum atomic E-state index is 12.1. The molecule has 6 heteroatoms. The summed E-state index contributed by atoms with van der Waals surface area (Å²) in [6.45, 7) is 1.94. The number of nitrogens with zero attached hydrogens (tertiary/aromatic N) is 2. The van der Waals surface area contributed by atoms with Gasteiger partial charge in [0.25, 0.3) is 0 Å². The Bertz CT molecular complexity index is 651. The number of rotatable bonds is 5. The van der Waals surface area contributed by atoms with E-state index in [-0.39, 0.29) is 19.0 Å². The third kappa shape index (κ3) is 3.11. The summed E-state index contributed by atoms with van der Waals surface area (Å²) in [6, 6.07) is 7.36. The van der Waals surface area contributed by atoms with Crippen LogP contribution in [0.15, 0.2) is 30.5 Å². The van der Waals surface area contributed by atoms with Gasteiger partial charge in [0.15, 0.2) is 0 Å². The Morgan fingerprint density at radius 2 is 2.10 bits per heavy atom. The summed E-state index contributed by atoms with van der Waals surface area (Å²) in [4.78, 5) is 24.1. The standard InChI is InChI=1S/C14H15ClN2O3/c1-2-16(9-14(19)20)13(18)8-17-6-5-10-3-4-11(15)7-12(10)17/h3-7H,2,8-9H2,1H3,(H,19,20). The van der Waals surface area contributed by atoms with E-state index in [1.165, 1.54) is 4.90 Å². The molecule has 1 amide bonds. The molecule has 0 bridgehead atoms. The van der Waals surface area contributed by atoms with Gasteiger partial charge in [0.05, 0.1) is 0 Å². The second-order valence-corrected chi connectivity index (χ2v) is 4.88. The zero-order chi connectivity index (χ0) is 14.7. The summed E-state index contributed by atoms with van der Waals surface area (Å²) in [5.74, 6) is -1.24. The first-order chi connectivity index (χ1) is 9.51. The number of halogens is 1. The molecule has 0 unspecified atom stereocenters. The van der Waals surface area contributed by atoms with Crippen molar-refractivity contribution in [3.63, 3.8) is 0 Å². The molecule has 2 aromatic rings. The number of hydrogen-bond acceptors (Lipinski definition) is 2. The quantitative estimate of drug-likeness (QED) is 0.920. The smallest absolute Gasteiger partial charge is 0.323 e. The van der Waals surface area contributed by atoms with Crippen LogP contribution in [0.2, 0.25) is 5.02 Å². The lowest BCUT2D eigenvalue weighted by atomic mass is 10.2. The summed E-state index contributed by atoms with van der Waals surface area (Å²) >= 11 is 5.96. The Balaban J connectivity index is 2.20. The third-order valence-electron chi connectivity index (χ3n) is 3.10. The van der Waals surface area contributed by atoms with Crippen LogP contribution >= 0.6 is 11.6 Å². The first kappa shape index (κ1) is 14.4. The van der Waals surface area contributed by atoms with E-state index in [0.717, 1.165) is 10.9 Å². The van der Waals surface area contributed by atoms with Gasteiger partial charge in [0.1, 0.15) is 13.1 Å². The van der Waals surface area contributed by atoms with Crippen LogP contribution in [-0.4, -0.2) is 39.5 Å². The second-order valence-electron chi connectivity index (χ2n) is 4.45. The fourth-order valence-corrected chi connectivity index (χ4v) is 2.25. The van der Waals surface area contributed by atoms with Gasteiger partial charge in [-0.3, -0.25) is 9.59 Å². The molecular weight excluding hydrogens is 280 g/mol. The summed E-state index contributed by atoms with van der Waals surface area (Å²) in [6.07, 6.45) is 1.80. The topological polar surface area (TPSA) is 62.5 Å². The number of fused-ring (bicyclic) bond motifs is 1. The van der Waals surface area contributed by atoms with E-state index in [0.29, 0.717) is 11.6 Å². The Kier molecular flexibility index (Phi) is 4.29. The van der Waals surface area contributed by atoms with Gasteiger partial charge in [0, 0.05) is 23.3 Å². The van der Waals surface area contributed by atoms with Crippen LogP contribution in [0.5, 0.6) is 0 Å². The number of aliphatic carboxylic acids is 1. The SMILES string of the molecule is CCN(CC(=O)O)C(=O)Cn1ccc2ccc(Cl)cc21. The lowest BCUT2D eigenvalue weighted by Crippen LogP contribution is -2.37. The molecule has 1 heterocycles. The number of hydrogen-bond donors (Lipinski definition) is 1. The number of carboxylic acids is 1. The van der Waals surface area contributed by atoms with Crippen LogP contribution < -0.4 is 0 Å². The summed E-state index contributed by atoms with van der Waals surface area (Å²) in [5, 5.41) is 10.4. The van der Waals surface area contributed by atoms with Crippen molar-refractivity contribution >= 4 is 34.4 Å². The van der Waals surface area contributed by atoms with E-state index in [4.69, 9.17) is 16.7 Å². The van der Waals surface area contributed by atoms with Crippen molar-refractivity contribution in [2.45, 2.75) is 13.5 Å². The Labute approximate surface area is 121 Å². The van der Waals surface area contributed by atoms with E-state index < -0.39 is 5.97 Å². The fraction of sp³-hybridized carbons (Fsp3) is 0.286. The Morgan fingerprint density at radius 3 is 2.75 bits per heavy atom. The van der Waals surface area contributed by atoms with Crippen LogP contribution in [0.4, 0.5) is 0 Å². The van der Waals surface area contributed by atoms with Gasteiger partial charge >= 0.3 is 5.97 Å². The second kappa shape index (κ2) is 5.96. The first-order valence-corrected chi connectivity index (χ1v) is 6.63. The molecule has 106 valence electrons. The maximum absolute atomic E-state index is 12.1. The molecule has 0 saturated heterocycles. The molecule has 5 nitrogen and oxygen atoms in total. The zero-order valence-electron chi connectivity index (χ0n) is 11.0. The largest absolute Gasteiger partial charge is 0.480 e. The molecule has 0 aliphatic heterocycles. The highest BCUT2D eigenvalue weighted by molar-refractivity contribution is 6.31. The van der Waals surface area contributed by atoms with Gasteiger partial charge in [-0.05, 0) is 30.5 Å². The summed E-state index contributed by atoms with van der Waals surface area (Å²) < 4.78 is 1.77. The molecule has 20 heavy (non-hydrogen) atoms. The van der Waals surface area contributed by atoms with Gasteiger partial charge in [-0.15, -0.1) is 0 Å². The van der Waals surface area contributed by atoms with E-state index >= 15 is 0 Å². The maximum Gasteiger partial charge on any atom is 0.323 e. The molecule has 0 fully saturated rings. The lowest BCUT2D eigenvalue weighted by Gasteiger charge is -2.19. The third-order valence-corrected chi connectivity index (χ3v) is 3.34. The molecule has 0 aliphatic rings. The van der Waals surface area contributed by atoms with Crippen molar-refractivity contribution in [1.29, 1.82) is 0 Å². The zero-order valence-corrected chi connectivity index (χ0v) is 11.8. The number of carbonyl (C=O) groups is 2. The molecule has 0 aliphatic carbocycles. The van der Waals surface area contributed by atoms with E-state index in [2.05, 4.69) is 0 Å². The van der Waals surface area contributed by atoms with E-state index in [1.807, 2.05) is 12.1 Å². The fourth-order valence-electron chi connectivity index (χ4n) is 2.08. The molecule has 2 rings (SSSR count). The predicted molar refractivity (Wildman–Crippen MR) is 76.8 cm³/mol. The van der Waals surface area contributed by atoms with Crippen molar-refractivity contribution < 1.29 is 14.7 Å². The molecule has 0 atom stereocenters. The number of amides is 1. The van der Waals surface area contributed by atoms with E-state index in [1.54, 1.807) is 29.8 Å². The highest BCUT2D eigenvalue weighted by Crippen LogP contribution is 2.20. The van der Waals surface area contributed by atoms with Crippen LogP contribution in [0, 0.1) is 0 Å². The number of aromatic nitrogens is 1. The van der Waals surface area contributed by atoms with Crippen LogP contribution in [0.25, 0.3) is 10.9 Å². The minimum Gasteiger partial charge on any atom is -0.480 e. The Hall–Kier alpha value is -2.01. The molecule has 1 aromatic carbocycles. The lowest BCUT2D eigenvalue weighted by molar-refractivity contribution is -0.144. The van der Waals surface area contributed by atoms with Gasteiger partial charge in [-0.1, -0.05) is 17.7 Å². The average Bonchev–Trinajstić information content (AvgIpc) is 2.78. The minimum absolute atomic E-state index is 0.102. The monoisotopic (exact) mass is 294 g/mol. The van der Waals surface area contributed by atoms with Gasteiger partial charge in [-0.2, -0.15) is 0 Å².